The molecule has 0 aliphatic heterocycles. The summed E-state index contributed by atoms with van der Waals surface area (Å²) in [6.07, 6.45) is 0.772. The molecule has 20 heavy (non-hydrogen) atoms. The zero-order valence-corrected chi connectivity index (χ0v) is 14.3. The third kappa shape index (κ3) is 5.10. The van der Waals surface area contributed by atoms with Gasteiger partial charge < -0.3 is 10.5 Å². The Morgan fingerprint density at radius 3 is 2.65 bits per heavy atom. The van der Waals surface area contributed by atoms with Crippen LogP contribution in [0.3, 0.4) is 0 Å². The van der Waals surface area contributed by atoms with E-state index >= 15 is 0 Å². The Labute approximate surface area is 129 Å². The van der Waals surface area contributed by atoms with Crippen LogP contribution < -0.4 is 10.5 Å². The summed E-state index contributed by atoms with van der Waals surface area (Å²) in [5.41, 5.74) is 5.31. The number of methoxy groups -OCH3 is 1. The van der Waals surface area contributed by atoms with Gasteiger partial charge in [-0.1, -0.05) is 26.1 Å². The highest BCUT2D eigenvalue weighted by atomic mass is 32.2. The average molecular weight is 337 g/mol. The lowest BCUT2D eigenvalue weighted by Gasteiger charge is -2.24. The van der Waals surface area contributed by atoms with Gasteiger partial charge in [0.1, 0.15) is 9.20 Å². The minimum absolute atomic E-state index is 0.174. The number of nitrogens with two attached hydrogens (primary N) is 1. The van der Waals surface area contributed by atoms with Crippen molar-refractivity contribution >= 4 is 38.6 Å². The molecule has 0 saturated heterocycles. The van der Waals surface area contributed by atoms with Crippen molar-refractivity contribution in [2.24, 2.45) is 11.1 Å². The Hall–Kier alpha value is -0.540. The number of ether oxygens (including phenoxy) is 1. The van der Waals surface area contributed by atoms with Gasteiger partial charge in [0.2, 0.25) is 10.0 Å². The highest BCUT2D eigenvalue weighted by molar-refractivity contribution is 7.91. The number of thiophene rings is 1. The molecule has 3 N–H and O–H groups in total. The third-order valence-electron chi connectivity index (χ3n) is 2.81. The molecule has 0 aromatic carbocycles. The van der Waals surface area contributed by atoms with Crippen LogP contribution in [0.25, 0.3) is 0 Å². The van der Waals surface area contributed by atoms with E-state index in [1.165, 1.54) is 6.07 Å². The Morgan fingerprint density at radius 2 is 2.15 bits per heavy atom. The first kappa shape index (κ1) is 17.5. The first-order chi connectivity index (χ1) is 9.18. The summed E-state index contributed by atoms with van der Waals surface area (Å²) in [6, 6.07) is 3.14. The van der Waals surface area contributed by atoms with Gasteiger partial charge in [0.05, 0.1) is 4.88 Å². The van der Waals surface area contributed by atoms with Gasteiger partial charge in [0, 0.05) is 20.3 Å². The number of sulfonamides is 1. The number of hydrogen-bond acceptors (Lipinski definition) is 5. The molecule has 0 amide bonds. The van der Waals surface area contributed by atoms with Crippen LogP contribution in [-0.4, -0.2) is 33.7 Å². The minimum atomic E-state index is -3.52. The normalized spacial score (nSPS) is 12.6. The summed E-state index contributed by atoms with van der Waals surface area (Å²) in [7, 11) is -1.89. The summed E-state index contributed by atoms with van der Waals surface area (Å²) in [4.78, 5) is 0.802. The van der Waals surface area contributed by atoms with E-state index in [2.05, 4.69) is 4.72 Å². The minimum Gasteiger partial charge on any atom is -0.389 e. The van der Waals surface area contributed by atoms with E-state index in [4.69, 9.17) is 22.7 Å². The second-order valence-electron chi connectivity index (χ2n) is 5.21. The number of rotatable bonds is 8. The smallest absolute Gasteiger partial charge is 0.250 e. The predicted molar refractivity (Wildman–Crippen MR) is 85.7 cm³/mol. The van der Waals surface area contributed by atoms with Crippen LogP contribution in [0.1, 0.15) is 25.1 Å². The summed E-state index contributed by atoms with van der Waals surface area (Å²) in [6.45, 7) is 4.92. The maximum Gasteiger partial charge on any atom is 0.250 e. The van der Waals surface area contributed by atoms with Gasteiger partial charge in [-0.15, -0.1) is 11.3 Å². The Morgan fingerprint density at radius 1 is 1.50 bits per heavy atom. The third-order valence-corrected chi connectivity index (χ3v) is 6.17. The first-order valence-corrected chi connectivity index (χ1v) is 8.77. The molecule has 5 nitrogen and oxygen atoms in total. The van der Waals surface area contributed by atoms with Crippen molar-refractivity contribution in [1.29, 1.82) is 0 Å². The molecule has 0 unspecified atom stereocenters. The van der Waals surface area contributed by atoms with Crippen molar-refractivity contribution in [2.45, 2.75) is 24.5 Å². The standard InChI is InChI=1S/C12H20N2O3S3/c1-12(2,6-7-17-3)8-14-20(15,16)10-5-4-9(19-10)11(13)18/h4-5,14H,6-8H2,1-3H3,(H2,13,18). The van der Waals surface area contributed by atoms with E-state index in [1.807, 2.05) is 13.8 Å². The van der Waals surface area contributed by atoms with E-state index in [0.29, 0.717) is 18.0 Å². The Kier molecular flexibility index (Phi) is 6.08. The van der Waals surface area contributed by atoms with Crippen LogP contribution in [0.4, 0.5) is 0 Å². The fraction of sp³-hybridized carbons (Fsp3) is 0.583. The molecule has 0 aliphatic rings. The highest BCUT2D eigenvalue weighted by Gasteiger charge is 2.23. The second kappa shape index (κ2) is 6.95. The van der Waals surface area contributed by atoms with Crippen LogP contribution in [0, 0.1) is 5.41 Å². The fourth-order valence-electron chi connectivity index (χ4n) is 1.43. The first-order valence-electron chi connectivity index (χ1n) is 6.06. The topological polar surface area (TPSA) is 81.4 Å². The Bertz CT molecular complexity index is 564. The van der Waals surface area contributed by atoms with E-state index in [-0.39, 0.29) is 14.6 Å². The van der Waals surface area contributed by atoms with Gasteiger partial charge >= 0.3 is 0 Å². The van der Waals surface area contributed by atoms with Crippen LogP contribution in [-0.2, 0) is 14.8 Å². The molecule has 0 fully saturated rings. The monoisotopic (exact) mass is 336 g/mol. The van der Waals surface area contributed by atoms with Gasteiger partial charge in [-0.3, -0.25) is 0 Å². The predicted octanol–water partition coefficient (Wildman–Crippen LogP) is 1.72. The second-order valence-corrected chi connectivity index (χ2v) is 8.73. The number of hydrogen-bond donors (Lipinski definition) is 2. The molecular weight excluding hydrogens is 316 g/mol. The zero-order chi connectivity index (χ0) is 15.4. The van der Waals surface area contributed by atoms with Crippen molar-refractivity contribution in [3.63, 3.8) is 0 Å². The number of thiocarbonyl (C=S) groups is 1. The quantitative estimate of drug-likeness (QED) is 0.707. The van der Waals surface area contributed by atoms with Crippen LogP contribution in [0.5, 0.6) is 0 Å². The van der Waals surface area contributed by atoms with E-state index in [0.717, 1.165) is 17.8 Å². The lowest BCUT2D eigenvalue weighted by atomic mass is 9.90. The molecule has 0 spiro atoms. The van der Waals surface area contributed by atoms with Gasteiger partial charge in [-0.25, -0.2) is 13.1 Å². The number of nitrogens with one attached hydrogen (secondary N) is 1. The molecule has 1 rings (SSSR count). The van der Waals surface area contributed by atoms with E-state index in [9.17, 15) is 8.42 Å². The maximum absolute atomic E-state index is 12.2. The average Bonchev–Trinajstić information content (AvgIpc) is 2.85. The molecule has 0 saturated carbocycles. The molecule has 8 heteroatoms. The summed E-state index contributed by atoms with van der Waals surface area (Å²) in [5, 5.41) is 0. The SMILES string of the molecule is COCCC(C)(C)CNS(=O)(=O)c1ccc(C(N)=S)s1. The lowest BCUT2D eigenvalue weighted by molar-refractivity contribution is 0.153. The van der Waals surface area contributed by atoms with Gasteiger partial charge in [-0.05, 0) is 24.0 Å². The molecule has 1 aromatic rings. The molecule has 1 heterocycles. The van der Waals surface area contributed by atoms with Crippen molar-refractivity contribution < 1.29 is 13.2 Å². The van der Waals surface area contributed by atoms with Crippen molar-refractivity contribution in [2.75, 3.05) is 20.3 Å². The Balaban J connectivity index is 2.72. The largest absolute Gasteiger partial charge is 0.389 e. The zero-order valence-electron chi connectivity index (χ0n) is 11.8. The molecular formula is C12H20N2O3S3. The summed E-state index contributed by atoms with van der Waals surface area (Å²) in [5.74, 6) is 0. The molecule has 0 atom stereocenters. The fourth-order valence-corrected chi connectivity index (χ4v) is 4.06. The van der Waals surface area contributed by atoms with Gasteiger partial charge in [0.25, 0.3) is 0 Å². The van der Waals surface area contributed by atoms with E-state index < -0.39 is 10.0 Å². The van der Waals surface area contributed by atoms with Crippen LogP contribution in [0.2, 0.25) is 0 Å². The lowest BCUT2D eigenvalue weighted by Crippen LogP contribution is -2.34. The molecule has 0 bridgehead atoms. The molecule has 0 aliphatic carbocycles. The van der Waals surface area contributed by atoms with Crippen LogP contribution in [0.15, 0.2) is 16.3 Å². The molecule has 114 valence electrons. The summed E-state index contributed by atoms with van der Waals surface area (Å²) >= 11 is 5.90. The van der Waals surface area contributed by atoms with Gasteiger partial charge in [-0.2, -0.15) is 0 Å². The van der Waals surface area contributed by atoms with Crippen molar-refractivity contribution in [3.05, 3.63) is 17.0 Å². The highest BCUT2D eigenvalue weighted by Crippen LogP contribution is 2.23. The molecule has 1 aromatic heterocycles. The summed E-state index contributed by atoms with van der Waals surface area (Å²) < 4.78 is 32.2. The van der Waals surface area contributed by atoms with Crippen LogP contribution >= 0.6 is 23.6 Å². The molecule has 0 radical (unpaired) electrons. The van der Waals surface area contributed by atoms with Crippen molar-refractivity contribution in [3.8, 4) is 0 Å². The van der Waals surface area contributed by atoms with Crippen molar-refractivity contribution in [1.82, 2.24) is 4.72 Å². The maximum atomic E-state index is 12.2. The van der Waals surface area contributed by atoms with E-state index in [1.54, 1.807) is 13.2 Å². The van der Waals surface area contributed by atoms with Gasteiger partial charge in [0.15, 0.2) is 0 Å².